The third-order valence-corrected chi connectivity index (χ3v) is 4.89. The minimum absolute atomic E-state index is 0.0886. The topological polar surface area (TPSA) is 51.2 Å². The van der Waals surface area contributed by atoms with Gasteiger partial charge in [0.2, 0.25) is 0 Å². The quantitative estimate of drug-likeness (QED) is 0.517. The molecule has 29 heavy (non-hydrogen) atoms. The van der Waals surface area contributed by atoms with Gasteiger partial charge in [0.1, 0.15) is 5.75 Å². The Morgan fingerprint density at radius 2 is 1.66 bits per heavy atom. The highest BCUT2D eigenvalue weighted by molar-refractivity contribution is 6.07. The first-order valence-corrected chi connectivity index (χ1v) is 9.61. The molecule has 0 saturated heterocycles. The summed E-state index contributed by atoms with van der Waals surface area (Å²) in [6.07, 6.45) is 0.754. The van der Waals surface area contributed by atoms with Crippen molar-refractivity contribution in [3.8, 4) is 17.0 Å². The van der Waals surface area contributed by atoms with Gasteiger partial charge in [-0.05, 0) is 36.2 Å². The van der Waals surface area contributed by atoms with Crippen LogP contribution < -0.4 is 10.1 Å². The van der Waals surface area contributed by atoms with Crippen LogP contribution in [0.5, 0.6) is 5.75 Å². The van der Waals surface area contributed by atoms with E-state index >= 15 is 0 Å². The maximum absolute atomic E-state index is 13.0. The number of fused-ring (bicyclic) bond motifs is 1. The highest BCUT2D eigenvalue weighted by atomic mass is 16.5. The fourth-order valence-electron chi connectivity index (χ4n) is 3.33. The molecule has 0 aliphatic rings. The van der Waals surface area contributed by atoms with Gasteiger partial charge >= 0.3 is 0 Å². The average Bonchev–Trinajstić information content (AvgIpc) is 2.79. The molecule has 0 atom stereocenters. The summed E-state index contributed by atoms with van der Waals surface area (Å²) in [7, 11) is 1.65. The molecule has 0 aliphatic carbocycles. The van der Waals surface area contributed by atoms with Gasteiger partial charge in [0.25, 0.3) is 5.91 Å². The second-order valence-electron chi connectivity index (χ2n) is 6.79. The molecule has 3 aromatic carbocycles. The molecule has 0 unspecified atom stereocenters. The molecule has 1 heterocycles. The molecule has 0 saturated carbocycles. The fraction of sp³-hybridized carbons (Fsp3) is 0.120. The number of hydrogen-bond acceptors (Lipinski definition) is 3. The van der Waals surface area contributed by atoms with E-state index in [0.717, 1.165) is 39.9 Å². The number of benzene rings is 3. The van der Waals surface area contributed by atoms with E-state index < -0.39 is 0 Å². The number of carbonyl (C=O) groups excluding carboxylic acids is 1. The number of carbonyl (C=O) groups is 1. The Kier molecular flexibility index (Phi) is 5.52. The van der Waals surface area contributed by atoms with Gasteiger partial charge in [-0.15, -0.1) is 0 Å². The largest absolute Gasteiger partial charge is 0.497 e. The number of rotatable bonds is 6. The van der Waals surface area contributed by atoms with Gasteiger partial charge < -0.3 is 10.1 Å². The molecular weight excluding hydrogens is 360 g/mol. The summed E-state index contributed by atoms with van der Waals surface area (Å²) in [5.74, 6) is 0.740. The van der Waals surface area contributed by atoms with Crippen LogP contribution in [-0.2, 0) is 6.42 Å². The minimum atomic E-state index is -0.0886. The second-order valence-corrected chi connectivity index (χ2v) is 6.79. The summed E-state index contributed by atoms with van der Waals surface area (Å²) in [5.41, 5.74) is 4.39. The molecule has 1 N–H and O–H groups in total. The lowest BCUT2D eigenvalue weighted by Crippen LogP contribution is -2.26. The monoisotopic (exact) mass is 382 g/mol. The second kappa shape index (κ2) is 8.57. The molecule has 1 amide bonds. The number of nitrogens with zero attached hydrogens (tertiary/aromatic N) is 1. The van der Waals surface area contributed by atoms with Crippen molar-refractivity contribution in [2.24, 2.45) is 0 Å². The number of para-hydroxylation sites is 1. The summed E-state index contributed by atoms with van der Waals surface area (Å²) in [5, 5.41) is 3.90. The zero-order chi connectivity index (χ0) is 20.1. The van der Waals surface area contributed by atoms with Gasteiger partial charge in [0, 0.05) is 17.5 Å². The Balaban J connectivity index is 1.56. The van der Waals surface area contributed by atoms with Crippen molar-refractivity contribution in [1.29, 1.82) is 0 Å². The van der Waals surface area contributed by atoms with Crippen LogP contribution in [0.3, 0.4) is 0 Å². The van der Waals surface area contributed by atoms with E-state index in [0.29, 0.717) is 12.1 Å². The Hall–Kier alpha value is -3.66. The summed E-state index contributed by atoms with van der Waals surface area (Å²) in [6.45, 7) is 0.558. The molecule has 144 valence electrons. The predicted octanol–water partition coefficient (Wildman–Crippen LogP) is 4.88. The minimum Gasteiger partial charge on any atom is -0.497 e. The van der Waals surface area contributed by atoms with Crippen LogP contribution in [0.2, 0.25) is 0 Å². The van der Waals surface area contributed by atoms with Crippen LogP contribution in [0, 0.1) is 0 Å². The zero-order valence-electron chi connectivity index (χ0n) is 16.3. The average molecular weight is 382 g/mol. The number of pyridine rings is 1. The Bertz CT molecular complexity index is 1120. The lowest BCUT2D eigenvalue weighted by Gasteiger charge is -2.11. The Labute approximate surface area is 170 Å². The first-order chi connectivity index (χ1) is 14.2. The first kappa shape index (κ1) is 18.7. The van der Waals surface area contributed by atoms with E-state index in [1.807, 2.05) is 84.9 Å². The molecular formula is C25H22N2O2. The van der Waals surface area contributed by atoms with Gasteiger partial charge in [0.05, 0.1) is 23.9 Å². The van der Waals surface area contributed by atoms with Gasteiger partial charge in [-0.2, -0.15) is 0 Å². The standard InChI is InChI=1S/C25H22N2O2/c1-29-20-13-11-18(12-14-20)15-16-26-25(28)22-17-24(19-7-3-2-4-8-19)27-23-10-6-5-9-21(22)23/h2-14,17H,15-16H2,1H3,(H,26,28). The number of amides is 1. The molecule has 4 rings (SSSR count). The number of ether oxygens (including phenoxy) is 1. The zero-order valence-corrected chi connectivity index (χ0v) is 16.3. The van der Waals surface area contributed by atoms with Crippen LogP contribution in [0.4, 0.5) is 0 Å². The van der Waals surface area contributed by atoms with E-state index in [4.69, 9.17) is 9.72 Å². The van der Waals surface area contributed by atoms with Crippen molar-refractivity contribution in [1.82, 2.24) is 10.3 Å². The van der Waals surface area contributed by atoms with Crippen molar-refractivity contribution in [2.45, 2.75) is 6.42 Å². The highest BCUT2D eigenvalue weighted by Gasteiger charge is 2.13. The third kappa shape index (κ3) is 4.27. The molecule has 0 aliphatic heterocycles. The van der Waals surface area contributed by atoms with Gasteiger partial charge in [0.15, 0.2) is 0 Å². The van der Waals surface area contributed by atoms with E-state index in [2.05, 4.69) is 5.32 Å². The van der Waals surface area contributed by atoms with Crippen molar-refractivity contribution in [3.05, 3.63) is 96.1 Å². The van der Waals surface area contributed by atoms with Crippen molar-refractivity contribution < 1.29 is 9.53 Å². The van der Waals surface area contributed by atoms with Crippen LogP contribution in [0.1, 0.15) is 15.9 Å². The summed E-state index contributed by atoms with van der Waals surface area (Å²) >= 11 is 0. The lowest BCUT2D eigenvalue weighted by atomic mass is 10.0. The predicted molar refractivity (Wildman–Crippen MR) is 116 cm³/mol. The van der Waals surface area contributed by atoms with Crippen LogP contribution in [0.25, 0.3) is 22.2 Å². The Morgan fingerprint density at radius 3 is 2.41 bits per heavy atom. The van der Waals surface area contributed by atoms with Gasteiger partial charge in [-0.1, -0.05) is 60.7 Å². The normalized spacial score (nSPS) is 10.7. The fourth-order valence-corrected chi connectivity index (χ4v) is 3.33. The van der Waals surface area contributed by atoms with Crippen LogP contribution in [0.15, 0.2) is 84.9 Å². The number of methoxy groups -OCH3 is 1. The first-order valence-electron chi connectivity index (χ1n) is 9.61. The summed E-state index contributed by atoms with van der Waals surface area (Å²) < 4.78 is 5.18. The SMILES string of the molecule is COc1ccc(CCNC(=O)c2cc(-c3ccccc3)nc3ccccc23)cc1. The maximum atomic E-state index is 13.0. The Morgan fingerprint density at radius 1 is 0.931 bits per heavy atom. The lowest BCUT2D eigenvalue weighted by molar-refractivity contribution is 0.0955. The van der Waals surface area contributed by atoms with Crippen LogP contribution in [-0.4, -0.2) is 24.5 Å². The maximum Gasteiger partial charge on any atom is 0.252 e. The number of nitrogens with one attached hydrogen (secondary N) is 1. The van der Waals surface area contributed by atoms with Crippen LogP contribution >= 0.6 is 0 Å². The third-order valence-electron chi connectivity index (χ3n) is 4.89. The van der Waals surface area contributed by atoms with Gasteiger partial charge in [-0.3, -0.25) is 4.79 Å². The van der Waals surface area contributed by atoms with Crippen molar-refractivity contribution >= 4 is 16.8 Å². The molecule has 0 bridgehead atoms. The molecule has 4 aromatic rings. The summed E-state index contributed by atoms with van der Waals surface area (Å²) in [4.78, 5) is 17.7. The summed E-state index contributed by atoms with van der Waals surface area (Å²) in [6, 6.07) is 27.4. The van der Waals surface area contributed by atoms with E-state index in [-0.39, 0.29) is 5.91 Å². The molecule has 4 nitrogen and oxygen atoms in total. The number of hydrogen-bond donors (Lipinski definition) is 1. The number of aromatic nitrogens is 1. The van der Waals surface area contributed by atoms with E-state index in [1.165, 1.54) is 0 Å². The molecule has 0 radical (unpaired) electrons. The smallest absolute Gasteiger partial charge is 0.252 e. The molecule has 1 aromatic heterocycles. The van der Waals surface area contributed by atoms with E-state index in [1.54, 1.807) is 7.11 Å². The molecule has 0 fully saturated rings. The molecule has 4 heteroatoms. The van der Waals surface area contributed by atoms with Crippen molar-refractivity contribution in [3.63, 3.8) is 0 Å². The molecule has 0 spiro atoms. The van der Waals surface area contributed by atoms with E-state index in [9.17, 15) is 4.79 Å². The van der Waals surface area contributed by atoms with Crippen molar-refractivity contribution in [2.75, 3.05) is 13.7 Å². The van der Waals surface area contributed by atoms with Gasteiger partial charge in [-0.25, -0.2) is 4.98 Å². The highest BCUT2D eigenvalue weighted by Crippen LogP contribution is 2.24.